The molecule has 0 aromatic heterocycles. The predicted octanol–water partition coefficient (Wildman–Crippen LogP) is 2.13. The van der Waals surface area contributed by atoms with E-state index in [4.69, 9.17) is 4.99 Å². The first-order chi connectivity index (χ1) is 13.8. The molecule has 0 fully saturated rings. The molecule has 2 aliphatic heterocycles. The van der Waals surface area contributed by atoms with Gasteiger partial charge < -0.3 is 16.0 Å². The molecular formula is C22H38N6. The van der Waals surface area contributed by atoms with E-state index in [9.17, 15) is 0 Å². The van der Waals surface area contributed by atoms with Gasteiger partial charge in [0.1, 0.15) is 0 Å². The van der Waals surface area contributed by atoms with Crippen molar-refractivity contribution in [3.63, 3.8) is 0 Å². The van der Waals surface area contributed by atoms with Crippen molar-refractivity contribution in [2.24, 2.45) is 9.98 Å². The molecule has 6 nitrogen and oxygen atoms in total. The first-order valence-corrected chi connectivity index (χ1v) is 10.7. The van der Waals surface area contributed by atoms with E-state index in [1.807, 2.05) is 18.4 Å². The molecule has 0 saturated carbocycles. The van der Waals surface area contributed by atoms with Crippen LogP contribution >= 0.6 is 0 Å². The maximum Gasteiger partial charge on any atom is 0.0540 e. The fraction of sp³-hybridized carbons (Fsp3) is 0.636. The molecule has 2 heterocycles. The van der Waals surface area contributed by atoms with Gasteiger partial charge in [-0.3, -0.25) is 14.9 Å². The number of hydrogen-bond donors (Lipinski definition) is 3. The summed E-state index contributed by atoms with van der Waals surface area (Å²) < 4.78 is 0. The topological polar surface area (TPSA) is 64.0 Å². The van der Waals surface area contributed by atoms with E-state index >= 15 is 0 Å². The second-order valence-electron chi connectivity index (χ2n) is 7.38. The van der Waals surface area contributed by atoms with Crippen molar-refractivity contribution >= 4 is 11.4 Å². The fourth-order valence-electron chi connectivity index (χ4n) is 3.32. The van der Waals surface area contributed by atoms with Crippen LogP contribution in [-0.4, -0.2) is 75.2 Å². The molecule has 0 saturated heterocycles. The second kappa shape index (κ2) is 14.4. The zero-order valence-corrected chi connectivity index (χ0v) is 17.6. The molecule has 28 heavy (non-hydrogen) atoms. The highest BCUT2D eigenvalue weighted by Gasteiger charge is 2.07. The zero-order valence-electron chi connectivity index (χ0n) is 17.6. The molecule has 0 bridgehead atoms. The van der Waals surface area contributed by atoms with Crippen LogP contribution in [0.15, 0.2) is 46.7 Å². The van der Waals surface area contributed by atoms with E-state index in [0.717, 1.165) is 90.3 Å². The molecule has 0 aromatic rings. The van der Waals surface area contributed by atoms with Gasteiger partial charge in [-0.15, -0.1) is 0 Å². The minimum atomic E-state index is 0.791. The van der Waals surface area contributed by atoms with Crippen LogP contribution in [0.3, 0.4) is 0 Å². The molecule has 0 aromatic carbocycles. The lowest BCUT2D eigenvalue weighted by atomic mass is 10.1. The van der Waals surface area contributed by atoms with Gasteiger partial charge >= 0.3 is 0 Å². The molecule has 0 atom stereocenters. The molecule has 0 radical (unpaired) electrons. The van der Waals surface area contributed by atoms with Crippen LogP contribution < -0.4 is 16.0 Å². The van der Waals surface area contributed by atoms with Crippen LogP contribution in [-0.2, 0) is 0 Å². The van der Waals surface area contributed by atoms with Crippen molar-refractivity contribution in [1.82, 2.24) is 20.9 Å². The number of aliphatic imine (C=N–C) groups is 2. The Morgan fingerprint density at radius 3 is 2.82 bits per heavy atom. The number of hydrogen-bond acceptors (Lipinski definition) is 6. The first-order valence-electron chi connectivity index (χ1n) is 10.7. The maximum absolute atomic E-state index is 4.72. The van der Waals surface area contributed by atoms with Crippen LogP contribution in [0.5, 0.6) is 0 Å². The lowest BCUT2D eigenvalue weighted by molar-refractivity contribution is 0.274. The average molecular weight is 387 g/mol. The minimum Gasteiger partial charge on any atom is -0.315 e. The molecule has 2 rings (SSSR count). The van der Waals surface area contributed by atoms with Crippen LogP contribution in [0, 0.1) is 0 Å². The summed E-state index contributed by atoms with van der Waals surface area (Å²) in [6.07, 6.45) is 12.2. The molecule has 0 amide bonds. The van der Waals surface area contributed by atoms with Gasteiger partial charge in [-0.05, 0) is 38.7 Å². The Morgan fingerprint density at radius 2 is 2.04 bits per heavy atom. The zero-order chi connectivity index (χ0) is 19.9. The van der Waals surface area contributed by atoms with Gasteiger partial charge in [0.2, 0.25) is 0 Å². The van der Waals surface area contributed by atoms with E-state index in [0.29, 0.717) is 0 Å². The van der Waals surface area contributed by atoms with Gasteiger partial charge in [-0.2, -0.15) is 0 Å². The van der Waals surface area contributed by atoms with E-state index in [-0.39, 0.29) is 0 Å². The Labute approximate surface area is 171 Å². The van der Waals surface area contributed by atoms with Crippen LogP contribution in [0.4, 0.5) is 0 Å². The van der Waals surface area contributed by atoms with E-state index in [2.05, 4.69) is 45.4 Å². The van der Waals surface area contributed by atoms with Gasteiger partial charge in [0.25, 0.3) is 0 Å². The summed E-state index contributed by atoms with van der Waals surface area (Å²) in [5, 5.41) is 10.7. The Morgan fingerprint density at radius 1 is 1.18 bits per heavy atom. The fourth-order valence-corrected chi connectivity index (χ4v) is 3.32. The summed E-state index contributed by atoms with van der Waals surface area (Å²) in [6, 6.07) is 0. The Balaban J connectivity index is 1.70. The van der Waals surface area contributed by atoms with Crippen molar-refractivity contribution in [3.05, 3.63) is 36.7 Å². The molecule has 0 unspecified atom stereocenters. The van der Waals surface area contributed by atoms with Crippen molar-refractivity contribution in [1.29, 1.82) is 0 Å². The number of nitrogens with zero attached hydrogens (tertiary/aromatic N) is 3. The van der Waals surface area contributed by atoms with E-state index in [1.54, 1.807) is 0 Å². The normalized spacial score (nSPS) is 22.0. The Kier molecular flexibility index (Phi) is 11.7. The number of rotatable bonds is 7. The minimum absolute atomic E-state index is 0.791. The Bertz CT molecular complexity index is 576. The quantitative estimate of drug-likeness (QED) is 0.587. The Hall–Kier alpha value is -1.60. The lowest BCUT2D eigenvalue weighted by Gasteiger charge is -2.23. The van der Waals surface area contributed by atoms with Crippen LogP contribution in [0.1, 0.15) is 32.6 Å². The average Bonchev–Trinajstić information content (AvgIpc) is 2.71. The molecule has 0 aliphatic carbocycles. The standard InChI is InChI=1S/C22H38N6/c1-3-6-22-19-25-15-18-28(16-13-23-11-8-20(2)27-22)17-14-24-12-9-21-7-4-5-10-26-21/h3,5-6,10,23-25H,1,4,7-9,11-19H2,2H3. The third-order valence-electron chi connectivity index (χ3n) is 4.98. The predicted molar refractivity (Wildman–Crippen MR) is 121 cm³/mol. The molecule has 2 aliphatic rings. The van der Waals surface area contributed by atoms with Crippen molar-refractivity contribution in [3.8, 4) is 0 Å². The van der Waals surface area contributed by atoms with Crippen LogP contribution in [0.2, 0.25) is 0 Å². The first kappa shape index (κ1) is 22.7. The number of nitrogens with one attached hydrogen (secondary N) is 3. The largest absolute Gasteiger partial charge is 0.315 e. The number of allylic oxidation sites excluding steroid dienone is 3. The van der Waals surface area contributed by atoms with Gasteiger partial charge in [0.15, 0.2) is 0 Å². The van der Waals surface area contributed by atoms with Gasteiger partial charge in [0.05, 0.1) is 5.70 Å². The van der Waals surface area contributed by atoms with E-state index in [1.165, 1.54) is 11.4 Å². The molecular weight excluding hydrogens is 348 g/mol. The lowest BCUT2D eigenvalue weighted by Crippen LogP contribution is -2.41. The van der Waals surface area contributed by atoms with Crippen molar-refractivity contribution in [2.45, 2.75) is 32.6 Å². The molecule has 3 N–H and O–H groups in total. The molecule has 6 heteroatoms. The third-order valence-corrected chi connectivity index (χ3v) is 4.98. The molecule has 156 valence electrons. The van der Waals surface area contributed by atoms with Gasteiger partial charge in [-0.1, -0.05) is 18.7 Å². The van der Waals surface area contributed by atoms with Crippen molar-refractivity contribution < 1.29 is 0 Å². The summed E-state index contributed by atoms with van der Waals surface area (Å²) >= 11 is 0. The highest BCUT2D eigenvalue weighted by atomic mass is 15.2. The second-order valence-corrected chi connectivity index (χ2v) is 7.38. The summed E-state index contributed by atoms with van der Waals surface area (Å²) in [7, 11) is 0. The summed E-state index contributed by atoms with van der Waals surface area (Å²) in [6.45, 7) is 14.9. The summed E-state index contributed by atoms with van der Waals surface area (Å²) in [5.41, 5.74) is 3.55. The monoisotopic (exact) mass is 386 g/mol. The van der Waals surface area contributed by atoms with Crippen molar-refractivity contribution in [2.75, 3.05) is 58.9 Å². The maximum atomic E-state index is 4.72. The highest BCUT2D eigenvalue weighted by molar-refractivity contribution is 5.85. The summed E-state index contributed by atoms with van der Waals surface area (Å²) in [4.78, 5) is 11.7. The van der Waals surface area contributed by atoms with E-state index < -0.39 is 0 Å². The molecule has 0 spiro atoms. The highest BCUT2D eigenvalue weighted by Crippen LogP contribution is 2.05. The third kappa shape index (κ3) is 10.1. The van der Waals surface area contributed by atoms with Crippen LogP contribution in [0.25, 0.3) is 0 Å². The smallest absolute Gasteiger partial charge is 0.0540 e. The van der Waals surface area contributed by atoms with Gasteiger partial charge in [0, 0.05) is 76.5 Å². The summed E-state index contributed by atoms with van der Waals surface area (Å²) in [5.74, 6) is 0. The SMILES string of the molecule is C=CC=C1CNCCN(CCNCCC2=NC=CCC2)CCNCCC(C)=N1. The van der Waals surface area contributed by atoms with Gasteiger partial charge in [-0.25, -0.2) is 0 Å².